The van der Waals surface area contributed by atoms with E-state index < -0.39 is 0 Å². The topological polar surface area (TPSA) is 87.7 Å². The Kier molecular flexibility index (Phi) is 6.23. The van der Waals surface area contributed by atoms with E-state index >= 15 is 0 Å². The van der Waals surface area contributed by atoms with Crippen molar-refractivity contribution in [1.82, 2.24) is 15.5 Å². The molecule has 0 radical (unpaired) electrons. The number of hydrogen-bond acceptors (Lipinski definition) is 5. The van der Waals surface area contributed by atoms with E-state index in [1.165, 1.54) is 24.1 Å². The molecule has 0 aromatic heterocycles. The SMILES string of the molecule is COC(=O)C1CCC2C(=O)N(CC(=O)NCc3ccc(F)cc3)C(=S)NC2C1. The molecule has 1 saturated carbocycles. The molecule has 1 aromatic rings. The molecule has 1 aliphatic heterocycles. The third-order valence-corrected chi connectivity index (χ3v) is 5.56. The molecule has 0 bridgehead atoms. The van der Waals surface area contributed by atoms with E-state index in [1.54, 1.807) is 12.1 Å². The molecule has 1 aromatic carbocycles. The lowest BCUT2D eigenvalue weighted by Crippen LogP contribution is -2.63. The molecular weight excluding hydrogens is 385 g/mol. The number of nitrogens with one attached hydrogen (secondary N) is 2. The molecule has 3 rings (SSSR count). The number of fused-ring (bicyclic) bond motifs is 1. The highest BCUT2D eigenvalue weighted by Gasteiger charge is 2.44. The van der Waals surface area contributed by atoms with Crippen molar-refractivity contribution in [2.45, 2.75) is 31.8 Å². The molecule has 7 nitrogen and oxygen atoms in total. The first-order valence-corrected chi connectivity index (χ1v) is 9.50. The van der Waals surface area contributed by atoms with Gasteiger partial charge in [-0.2, -0.15) is 0 Å². The van der Waals surface area contributed by atoms with Gasteiger partial charge in [0.15, 0.2) is 5.11 Å². The standard InChI is InChI=1S/C19H22FN3O4S/c1-27-18(26)12-4-7-14-15(8-12)22-19(28)23(17(14)25)10-16(24)21-9-11-2-5-13(20)6-3-11/h2-3,5-6,12,14-15H,4,7-10H2,1H3,(H,21,24)(H,22,28). The molecule has 2 aliphatic rings. The van der Waals surface area contributed by atoms with E-state index in [9.17, 15) is 18.8 Å². The van der Waals surface area contributed by atoms with E-state index in [-0.39, 0.29) is 59.7 Å². The highest BCUT2D eigenvalue weighted by molar-refractivity contribution is 7.80. The van der Waals surface area contributed by atoms with Crippen molar-refractivity contribution in [3.05, 3.63) is 35.6 Å². The van der Waals surface area contributed by atoms with Crippen molar-refractivity contribution in [2.24, 2.45) is 11.8 Å². The third-order valence-electron chi connectivity index (χ3n) is 5.23. The van der Waals surface area contributed by atoms with Gasteiger partial charge in [0.2, 0.25) is 11.8 Å². The second-order valence-electron chi connectivity index (χ2n) is 7.02. The fourth-order valence-electron chi connectivity index (χ4n) is 3.70. The van der Waals surface area contributed by atoms with E-state index in [2.05, 4.69) is 10.6 Å². The number of thiocarbonyl (C=S) groups is 1. The normalized spacial score (nSPS) is 24.2. The van der Waals surface area contributed by atoms with Crippen LogP contribution in [0.1, 0.15) is 24.8 Å². The smallest absolute Gasteiger partial charge is 0.308 e. The number of benzene rings is 1. The summed E-state index contributed by atoms with van der Waals surface area (Å²) in [5.74, 6) is -1.75. The molecule has 0 spiro atoms. The monoisotopic (exact) mass is 407 g/mol. The molecule has 2 N–H and O–H groups in total. The Bertz CT molecular complexity index is 786. The second-order valence-corrected chi connectivity index (χ2v) is 7.41. The lowest BCUT2D eigenvalue weighted by atomic mass is 9.76. The van der Waals surface area contributed by atoms with Gasteiger partial charge in [0, 0.05) is 12.6 Å². The van der Waals surface area contributed by atoms with Gasteiger partial charge in [-0.05, 0) is 49.2 Å². The van der Waals surface area contributed by atoms with Crippen LogP contribution in [0.2, 0.25) is 0 Å². The van der Waals surface area contributed by atoms with E-state index in [0.717, 1.165) is 5.56 Å². The number of ether oxygens (including phenoxy) is 1. The van der Waals surface area contributed by atoms with E-state index in [0.29, 0.717) is 19.3 Å². The first kappa shape index (κ1) is 20.2. The first-order valence-electron chi connectivity index (χ1n) is 9.10. The zero-order valence-corrected chi connectivity index (χ0v) is 16.3. The molecule has 1 aliphatic carbocycles. The van der Waals surface area contributed by atoms with Crippen molar-refractivity contribution in [3.8, 4) is 0 Å². The quantitative estimate of drug-likeness (QED) is 0.562. The fraction of sp³-hybridized carbons (Fsp3) is 0.474. The Hall–Kier alpha value is -2.55. The summed E-state index contributed by atoms with van der Waals surface area (Å²) in [6.07, 6.45) is 1.58. The Morgan fingerprint density at radius 2 is 2.04 bits per heavy atom. The maximum absolute atomic E-state index is 12.9. The van der Waals surface area contributed by atoms with Crippen LogP contribution >= 0.6 is 12.2 Å². The number of amides is 2. The molecule has 3 atom stereocenters. The van der Waals surface area contributed by atoms with Crippen LogP contribution in [0.15, 0.2) is 24.3 Å². The lowest BCUT2D eigenvalue weighted by molar-refractivity contribution is -0.149. The summed E-state index contributed by atoms with van der Waals surface area (Å²) in [5.41, 5.74) is 0.751. The van der Waals surface area contributed by atoms with Crippen molar-refractivity contribution in [1.29, 1.82) is 0 Å². The van der Waals surface area contributed by atoms with Gasteiger partial charge in [0.25, 0.3) is 0 Å². The largest absolute Gasteiger partial charge is 0.469 e. The van der Waals surface area contributed by atoms with Crippen LogP contribution in [0.25, 0.3) is 0 Å². The summed E-state index contributed by atoms with van der Waals surface area (Å²) < 4.78 is 17.7. The summed E-state index contributed by atoms with van der Waals surface area (Å²) >= 11 is 5.27. The van der Waals surface area contributed by atoms with Gasteiger partial charge in [-0.15, -0.1) is 0 Å². The highest BCUT2D eigenvalue weighted by atomic mass is 32.1. The number of rotatable bonds is 5. The predicted molar refractivity (Wildman–Crippen MR) is 102 cm³/mol. The van der Waals surface area contributed by atoms with Crippen LogP contribution in [0.4, 0.5) is 4.39 Å². The van der Waals surface area contributed by atoms with Crippen LogP contribution in [-0.4, -0.2) is 47.5 Å². The zero-order valence-electron chi connectivity index (χ0n) is 15.4. The Morgan fingerprint density at radius 3 is 2.71 bits per heavy atom. The minimum absolute atomic E-state index is 0.185. The van der Waals surface area contributed by atoms with E-state index in [1.807, 2.05) is 0 Å². The summed E-state index contributed by atoms with van der Waals surface area (Å²) in [5, 5.41) is 5.99. The van der Waals surface area contributed by atoms with Gasteiger partial charge in [0.05, 0.1) is 18.9 Å². The lowest BCUT2D eigenvalue weighted by Gasteiger charge is -2.43. The van der Waals surface area contributed by atoms with Gasteiger partial charge in [0.1, 0.15) is 12.4 Å². The summed E-state index contributed by atoms with van der Waals surface area (Å²) in [4.78, 5) is 38.1. The molecule has 2 amide bonds. The fourth-order valence-corrected chi connectivity index (χ4v) is 4.00. The summed E-state index contributed by atoms with van der Waals surface area (Å²) in [7, 11) is 1.35. The first-order chi connectivity index (χ1) is 13.4. The molecule has 1 heterocycles. The average molecular weight is 407 g/mol. The number of carbonyl (C=O) groups excluding carboxylic acids is 3. The van der Waals surface area contributed by atoms with Crippen molar-refractivity contribution in [2.75, 3.05) is 13.7 Å². The van der Waals surface area contributed by atoms with Gasteiger partial charge in [-0.1, -0.05) is 12.1 Å². The molecular formula is C19H22FN3O4S. The molecule has 150 valence electrons. The molecule has 3 unspecified atom stereocenters. The predicted octanol–water partition coefficient (Wildman–Crippen LogP) is 1.12. The van der Waals surface area contributed by atoms with Crippen LogP contribution in [0.3, 0.4) is 0 Å². The number of carbonyl (C=O) groups is 3. The van der Waals surface area contributed by atoms with Gasteiger partial charge in [-0.3, -0.25) is 19.3 Å². The van der Waals surface area contributed by atoms with Crippen LogP contribution in [-0.2, 0) is 25.7 Å². The summed E-state index contributed by atoms with van der Waals surface area (Å²) in [6.45, 7) is 0.0453. The Labute approximate surface area is 167 Å². The average Bonchev–Trinajstić information content (AvgIpc) is 2.69. The highest BCUT2D eigenvalue weighted by Crippen LogP contribution is 2.33. The zero-order chi connectivity index (χ0) is 20.3. The molecule has 1 saturated heterocycles. The van der Waals surface area contributed by atoms with E-state index in [4.69, 9.17) is 17.0 Å². The second kappa shape index (κ2) is 8.64. The maximum Gasteiger partial charge on any atom is 0.308 e. The van der Waals surface area contributed by atoms with Crippen molar-refractivity contribution >= 4 is 35.1 Å². The van der Waals surface area contributed by atoms with Crippen LogP contribution < -0.4 is 10.6 Å². The number of nitrogens with zero attached hydrogens (tertiary/aromatic N) is 1. The number of esters is 1. The molecule has 28 heavy (non-hydrogen) atoms. The van der Waals surface area contributed by atoms with Gasteiger partial charge < -0.3 is 15.4 Å². The Morgan fingerprint density at radius 1 is 1.32 bits per heavy atom. The van der Waals surface area contributed by atoms with Gasteiger partial charge >= 0.3 is 5.97 Å². The maximum atomic E-state index is 12.9. The van der Waals surface area contributed by atoms with Crippen molar-refractivity contribution < 1.29 is 23.5 Å². The van der Waals surface area contributed by atoms with Gasteiger partial charge in [-0.25, -0.2) is 4.39 Å². The Balaban J connectivity index is 1.56. The molecule has 9 heteroatoms. The minimum Gasteiger partial charge on any atom is -0.469 e. The summed E-state index contributed by atoms with van der Waals surface area (Å²) in [6, 6.07) is 5.58. The molecule has 2 fully saturated rings. The minimum atomic E-state index is -0.358. The van der Waals surface area contributed by atoms with Crippen LogP contribution in [0.5, 0.6) is 0 Å². The van der Waals surface area contributed by atoms with Crippen LogP contribution in [0, 0.1) is 17.7 Å². The third kappa shape index (κ3) is 4.46. The number of methoxy groups -OCH3 is 1. The van der Waals surface area contributed by atoms with Crippen molar-refractivity contribution in [3.63, 3.8) is 0 Å². The number of hydrogen-bond donors (Lipinski definition) is 2. The number of halogens is 1.